The number of halogens is 1. The summed E-state index contributed by atoms with van der Waals surface area (Å²) in [4.78, 5) is 71.1. The predicted octanol–water partition coefficient (Wildman–Crippen LogP) is 3.00. The summed E-state index contributed by atoms with van der Waals surface area (Å²) in [5, 5.41) is 11.7. The van der Waals surface area contributed by atoms with E-state index in [2.05, 4.69) is 21.2 Å². The predicted molar refractivity (Wildman–Crippen MR) is 160 cm³/mol. The number of imide groups is 1. The summed E-state index contributed by atoms with van der Waals surface area (Å²) in [6.07, 6.45) is 9.49. The van der Waals surface area contributed by atoms with Crippen LogP contribution in [0.3, 0.4) is 0 Å². The lowest BCUT2D eigenvalue weighted by Crippen LogP contribution is -2.41. The Labute approximate surface area is 258 Å². The number of hydrogen-bond donors (Lipinski definition) is 2. The topological polar surface area (TPSA) is 159 Å². The van der Waals surface area contributed by atoms with Crippen LogP contribution in [0.15, 0.2) is 46.6 Å². The molecule has 3 aliphatic heterocycles. The average molecular weight is 616 g/mol. The number of carboxylic acid groups (broad SMARTS) is 1. The third-order valence-electron chi connectivity index (χ3n) is 8.27. The second-order valence-corrected chi connectivity index (χ2v) is 11.3. The smallest absolute Gasteiger partial charge is 0.338 e. The van der Waals surface area contributed by atoms with Crippen LogP contribution in [-0.4, -0.2) is 64.2 Å². The fourth-order valence-electron chi connectivity index (χ4n) is 5.42. The number of nitrogens with zero attached hydrogens (tertiary/aromatic N) is 4. The van der Waals surface area contributed by atoms with E-state index in [0.29, 0.717) is 24.0 Å². The van der Waals surface area contributed by atoms with Gasteiger partial charge in [-0.2, -0.15) is 0 Å². The number of nitrogens with one attached hydrogen (secondary N) is 1. The highest BCUT2D eigenvalue weighted by Gasteiger charge is 2.43. The molecular weight excluding hydrogens is 585 g/mol. The Morgan fingerprint density at radius 2 is 1.82 bits per heavy atom. The van der Waals surface area contributed by atoms with Crippen molar-refractivity contribution in [2.75, 3.05) is 23.0 Å². The fourth-order valence-corrected chi connectivity index (χ4v) is 5.42. The normalized spacial score (nSPS) is 20.6. The monoisotopic (exact) mass is 615 g/mol. The second-order valence-electron chi connectivity index (χ2n) is 11.3. The van der Waals surface area contributed by atoms with E-state index >= 15 is 0 Å². The van der Waals surface area contributed by atoms with Crippen molar-refractivity contribution in [3.05, 3.63) is 58.7 Å². The average Bonchev–Trinajstić information content (AvgIpc) is 3.47. The minimum atomic E-state index is -1.10. The molecule has 2 aromatic rings. The molecule has 1 aromatic carbocycles. The number of aliphatic imine (C=N–C) groups is 1. The van der Waals surface area contributed by atoms with Gasteiger partial charge in [0, 0.05) is 23.4 Å². The summed E-state index contributed by atoms with van der Waals surface area (Å²) < 4.78 is 19.9. The molecule has 4 aliphatic rings. The summed E-state index contributed by atoms with van der Waals surface area (Å²) in [6.45, 7) is 5.25. The van der Waals surface area contributed by atoms with Crippen LogP contribution in [0.2, 0.25) is 0 Å². The van der Waals surface area contributed by atoms with Crippen LogP contribution < -0.4 is 19.9 Å². The highest BCUT2D eigenvalue weighted by molar-refractivity contribution is 6.33. The van der Waals surface area contributed by atoms with Crippen molar-refractivity contribution in [2.45, 2.75) is 52.0 Å². The number of fused-ring (bicyclic) bond motifs is 1. The third kappa shape index (κ3) is 5.43. The molecule has 4 amide bonds. The van der Waals surface area contributed by atoms with Crippen LogP contribution >= 0.6 is 0 Å². The Morgan fingerprint density at radius 1 is 1.16 bits per heavy atom. The van der Waals surface area contributed by atoms with E-state index < -0.39 is 29.1 Å². The number of anilines is 2. The molecule has 1 atom stereocenters. The largest absolute Gasteiger partial charge is 0.481 e. The number of aromatic nitrogens is 1. The lowest BCUT2D eigenvalue weighted by Gasteiger charge is -2.29. The van der Waals surface area contributed by atoms with E-state index in [4.69, 9.17) is 16.3 Å². The zero-order valence-corrected chi connectivity index (χ0v) is 24.8. The SMILES string of the molecule is C#CCN1C(=O)COc2cc(F)c(N3C(=O)C4=C(CCCC4)C3=O)cc21.CC(C)C1(C)N=C(c2ncccc2C(=O)O)NC1=O. The van der Waals surface area contributed by atoms with Crippen molar-refractivity contribution in [1.29, 1.82) is 0 Å². The highest BCUT2D eigenvalue weighted by Crippen LogP contribution is 2.41. The van der Waals surface area contributed by atoms with Crippen LogP contribution in [0, 0.1) is 24.1 Å². The molecule has 0 saturated carbocycles. The molecule has 4 heterocycles. The number of carbonyl (C=O) groups is 5. The molecule has 0 spiro atoms. The van der Waals surface area contributed by atoms with Crippen LogP contribution in [-0.2, 0) is 19.2 Å². The molecule has 6 rings (SSSR count). The molecule has 0 bridgehead atoms. The molecule has 1 aliphatic carbocycles. The van der Waals surface area contributed by atoms with E-state index in [1.54, 1.807) is 6.92 Å². The van der Waals surface area contributed by atoms with E-state index in [-0.39, 0.29) is 65.1 Å². The van der Waals surface area contributed by atoms with Gasteiger partial charge in [-0.3, -0.25) is 29.1 Å². The number of carboxylic acids is 1. The first kappa shape index (κ1) is 31.1. The number of benzene rings is 1. The van der Waals surface area contributed by atoms with Gasteiger partial charge in [0.25, 0.3) is 23.6 Å². The minimum absolute atomic E-state index is 0.00184. The third-order valence-corrected chi connectivity index (χ3v) is 8.27. The van der Waals surface area contributed by atoms with Crippen LogP contribution in [0.4, 0.5) is 15.8 Å². The molecule has 0 saturated heterocycles. The van der Waals surface area contributed by atoms with Gasteiger partial charge in [0.1, 0.15) is 17.0 Å². The summed E-state index contributed by atoms with van der Waals surface area (Å²) >= 11 is 0. The van der Waals surface area contributed by atoms with Crippen LogP contribution in [0.1, 0.15) is 62.5 Å². The van der Waals surface area contributed by atoms with E-state index in [1.807, 2.05) is 13.8 Å². The molecule has 0 radical (unpaired) electrons. The number of ether oxygens (including phenoxy) is 1. The molecule has 1 unspecified atom stereocenters. The molecule has 0 fully saturated rings. The molecular formula is C32H30FN5O7. The summed E-state index contributed by atoms with van der Waals surface area (Å²) in [7, 11) is 0. The Hall–Kier alpha value is -5.38. The van der Waals surface area contributed by atoms with Gasteiger partial charge < -0.3 is 15.2 Å². The van der Waals surface area contributed by atoms with Gasteiger partial charge in [0.05, 0.1) is 23.5 Å². The minimum Gasteiger partial charge on any atom is -0.481 e. The standard InChI is InChI=1S/C19H15FN2O4.C13H15N3O3/c1-2-7-21-15-9-14(13(20)8-16(15)26-10-17(21)23)22-18(24)11-5-3-4-6-12(11)19(22)25;1-7(2)13(3)12(19)15-10(16-13)9-8(11(17)18)5-4-6-14-9/h1,8-9H,3-7,10H2;4-7H,1-3H3,(H,17,18)(H,15,16,19). The Bertz CT molecular complexity index is 1730. The Morgan fingerprint density at radius 3 is 2.40 bits per heavy atom. The van der Waals surface area contributed by atoms with Crippen molar-refractivity contribution in [3.8, 4) is 18.1 Å². The van der Waals surface area contributed by atoms with Crippen molar-refractivity contribution >= 4 is 46.8 Å². The molecule has 12 nitrogen and oxygen atoms in total. The van der Waals surface area contributed by atoms with Gasteiger partial charge in [-0.25, -0.2) is 19.1 Å². The zero-order chi connectivity index (χ0) is 32.6. The Balaban J connectivity index is 0.000000187. The van der Waals surface area contributed by atoms with E-state index in [0.717, 1.165) is 23.8 Å². The lowest BCUT2D eigenvalue weighted by atomic mass is 9.89. The summed E-state index contributed by atoms with van der Waals surface area (Å²) in [6, 6.07) is 5.34. The maximum atomic E-state index is 14.7. The van der Waals surface area contributed by atoms with E-state index in [1.165, 1.54) is 29.3 Å². The summed E-state index contributed by atoms with van der Waals surface area (Å²) in [5.41, 5.74) is 0.317. The number of rotatable bonds is 5. The summed E-state index contributed by atoms with van der Waals surface area (Å²) in [5.74, 6) is -0.706. The quantitative estimate of drug-likeness (QED) is 0.384. The van der Waals surface area contributed by atoms with Crippen molar-refractivity contribution in [1.82, 2.24) is 10.3 Å². The maximum Gasteiger partial charge on any atom is 0.338 e. The Kier molecular flexibility index (Phi) is 8.25. The number of amidine groups is 1. The van der Waals surface area contributed by atoms with Crippen molar-refractivity contribution in [2.24, 2.45) is 10.9 Å². The first-order chi connectivity index (χ1) is 21.4. The van der Waals surface area contributed by atoms with Gasteiger partial charge in [0.15, 0.2) is 18.3 Å². The zero-order valence-electron chi connectivity index (χ0n) is 24.8. The van der Waals surface area contributed by atoms with Gasteiger partial charge in [-0.1, -0.05) is 19.8 Å². The molecule has 232 valence electrons. The van der Waals surface area contributed by atoms with Gasteiger partial charge in [-0.15, -0.1) is 6.42 Å². The number of terminal acetylenes is 1. The number of carbonyl (C=O) groups excluding carboxylic acids is 4. The second kappa shape index (κ2) is 12.0. The number of hydrogen-bond acceptors (Lipinski definition) is 8. The first-order valence-corrected chi connectivity index (χ1v) is 14.3. The highest BCUT2D eigenvalue weighted by atomic mass is 19.1. The molecule has 2 N–H and O–H groups in total. The van der Waals surface area contributed by atoms with Crippen LogP contribution in [0.25, 0.3) is 0 Å². The lowest BCUT2D eigenvalue weighted by molar-refractivity contribution is -0.124. The van der Waals surface area contributed by atoms with Gasteiger partial charge >= 0.3 is 5.97 Å². The molecule has 13 heteroatoms. The number of pyridine rings is 1. The van der Waals surface area contributed by atoms with Gasteiger partial charge in [0.2, 0.25) is 0 Å². The number of aromatic carboxylic acids is 1. The first-order valence-electron chi connectivity index (χ1n) is 14.3. The van der Waals surface area contributed by atoms with Crippen molar-refractivity contribution < 1.29 is 38.2 Å². The fraction of sp³-hybridized carbons (Fsp3) is 0.344. The molecule has 45 heavy (non-hydrogen) atoms. The van der Waals surface area contributed by atoms with Crippen molar-refractivity contribution in [3.63, 3.8) is 0 Å². The van der Waals surface area contributed by atoms with E-state index in [9.17, 15) is 28.4 Å². The molecule has 1 aromatic heterocycles. The van der Waals surface area contributed by atoms with Crippen LogP contribution in [0.5, 0.6) is 5.75 Å². The number of amides is 4. The van der Waals surface area contributed by atoms with Gasteiger partial charge in [-0.05, 0) is 56.7 Å². The maximum absolute atomic E-state index is 14.7.